The van der Waals surface area contributed by atoms with Crippen LogP contribution in [0.25, 0.3) is 0 Å². The molecule has 0 aromatic heterocycles. The third-order valence-corrected chi connectivity index (χ3v) is 9.65. The molecule has 0 amide bonds. The van der Waals surface area contributed by atoms with E-state index in [2.05, 4.69) is 59.5 Å². The number of rotatable bonds is 24. The van der Waals surface area contributed by atoms with Gasteiger partial charge in [-0.15, -0.1) is 0 Å². The highest BCUT2D eigenvalue weighted by molar-refractivity contribution is 5.19. The zero-order chi connectivity index (χ0) is 33.7. The van der Waals surface area contributed by atoms with Crippen LogP contribution in [0.1, 0.15) is 92.2 Å². The molecule has 3 N–H and O–H groups in total. The van der Waals surface area contributed by atoms with Crippen LogP contribution in [0.2, 0.25) is 0 Å². The van der Waals surface area contributed by atoms with E-state index in [0.717, 1.165) is 50.1 Å². The molecule has 3 unspecified atom stereocenters. The summed E-state index contributed by atoms with van der Waals surface area (Å²) in [4.78, 5) is 2.40. The minimum atomic E-state index is -0.555. The van der Waals surface area contributed by atoms with E-state index in [0.29, 0.717) is 24.1 Å². The second kappa shape index (κ2) is 21.6. The highest BCUT2D eigenvalue weighted by Gasteiger charge is 2.31. The summed E-state index contributed by atoms with van der Waals surface area (Å²) in [7, 11) is 0. The lowest BCUT2D eigenvalue weighted by Gasteiger charge is -2.40. The molecule has 0 fully saturated rings. The average molecular weight is 652 g/mol. The van der Waals surface area contributed by atoms with Gasteiger partial charge in [-0.05, 0) is 42.5 Å². The first-order valence-electron chi connectivity index (χ1n) is 18.3. The molecule has 258 valence electrons. The maximum Gasteiger partial charge on any atom is 0.128 e. The SMILES string of the molecule is OCC[N+](CCCCCCCCCCCN(Cc1ccccc1)CC(O)c1ccccc1)(Cc1ccccc1)CC(O)c1ccccc1. The number of hydrogen-bond donors (Lipinski definition) is 3. The fourth-order valence-corrected chi connectivity index (χ4v) is 6.97. The summed E-state index contributed by atoms with van der Waals surface area (Å²) in [5, 5.41) is 32.2. The summed E-state index contributed by atoms with van der Waals surface area (Å²) in [5.41, 5.74) is 4.47. The normalized spacial score (nSPS) is 14.1. The highest BCUT2D eigenvalue weighted by Crippen LogP contribution is 2.24. The monoisotopic (exact) mass is 651 g/mol. The van der Waals surface area contributed by atoms with Gasteiger partial charge in [0.2, 0.25) is 0 Å². The first-order valence-corrected chi connectivity index (χ1v) is 18.3. The standard InChI is InChI=1S/C43H59N2O3/c46-33-32-45(36-39-24-14-9-15-25-39,37-43(48)41-28-18-11-19-29-41)31-21-7-5-3-1-2-4-6-20-30-44(34-38-22-12-8-13-23-38)35-42(47)40-26-16-10-17-27-40/h8-19,22-29,42-43,46-48H,1-7,20-21,30-37H2/q+1. The van der Waals surface area contributed by atoms with Crippen LogP contribution in [0.15, 0.2) is 121 Å². The Balaban J connectivity index is 1.16. The van der Waals surface area contributed by atoms with Gasteiger partial charge >= 0.3 is 0 Å². The van der Waals surface area contributed by atoms with Crippen molar-refractivity contribution in [3.05, 3.63) is 144 Å². The molecule has 0 heterocycles. The van der Waals surface area contributed by atoms with E-state index >= 15 is 0 Å². The minimum Gasteiger partial charge on any atom is -0.391 e. The van der Waals surface area contributed by atoms with E-state index in [1.807, 2.05) is 66.7 Å². The van der Waals surface area contributed by atoms with Crippen LogP contribution >= 0.6 is 0 Å². The van der Waals surface area contributed by atoms with E-state index in [1.54, 1.807) is 0 Å². The maximum atomic E-state index is 11.2. The summed E-state index contributed by atoms with van der Waals surface area (Å²) in [5.74, 6) is 0. The number of hydrogen-bond acceptors (Lipinski definition) is 4. The van der Waals surface area contributed by atoms with Gasteiger partial charge in [-0.2, -0.15) is 0 Å². The number of aliphatic hydroxyl groups is 3. The second-order valence-electron chi connectivity index (χ2n) is 13.6. The molecule has 4 rings (SSSR count). The van der Waals surface area contributed by atoms with Crippen molar-refractivity contribution in [2.75, 3.05) is 39.3 Å². The molecule has 5 heteroatoms. The predicted octanol–water partition coefficient (Wildman–Crippen LogP) is 8.48. The van der Waals surface area contributed by atoms with Gasteiger partial charge in [0.15, 0.2) is 0 Å². The highest BCUT2D eigenvalue weighted by atomic mass is 16.3. The lowest BCUT2D eigenvalue weighted by Crippen LogP contribution is -2.52. The van der Waals surface area contributed by atoms with Crippen molar-refractivity contribution in [3.63, 3.8) is 0 Å². The summed E-state index contributed by atoms with van der Waals surface area (Å²) >= 11 is 0. The van der Waals surface area contributed by atoms with Crippen molar-refractivity contribution in [3.8, 4) is 0 Å². The van der Waals surface area contributed by atoms with Gasteiger partial charge in [-0.25, -0.2) is 0 Å². The van der Waals surface area contributed by atoms with Gasteiger partial charge in [0.05, 0.1) is 19.3 Å². The van der Waals surface area contributed by atoms with E-state index in [9.17, 15) is 15.3 Å². The topological polar surface area (TPSA) is 63.9 Å². The van der Waals surface area contributed by atoms with Crippen molar-refractivity contribution in [1.29, 1.82) is 0 Å². The van der Waals surface area contributed by atoms with Gasteiger partial charge in [-0.1, -0.05) is 160 Å². The van der Waals surface area contributed by atoms with Crippen molar-refractivity contribution >= 4 is 0 Å². The van der Waals surface area contributed by atoms with Crippen LogP contribution in [0, 0.1) is 0 Å². The Bertz CT molecular complexity index is 1360. The van der Waals surface area contributed by atoms with Crippen LogP contribution in [0.4, 0.5) is 0 Å². The van der Waals surface area contributed by atoms with Crippen molar-refractivity contribution in [2.24, 2.45) is 0 Å². The summed E-state index contributed by atoms with van der Waals surface area (Å²) in [6, 6.07) is 41.0. The van der Waals surface area contributed by atoms with Crippen LogP contribution < -0.4 is 0 Å². The smallest absolute Gasteiger partial charge is 0.128 e. The zero-order valence-electron chi connectivity index (χ0n) is 29.0. The van der Waals surface area contributed by atoms with Crippen LogP contribution in [-0.4, -0.2) is 64.0 Å². The average Bonchev–Trinajstić information content (AvgIpc) is 3.12. The molecule has 0 bridgehead atoms. The summed E-state index contributed by atoms with van der Waals surface area (Å²) in [6.45, 7) is 5.64. The Morgan fingerprint density at radius 1 is 0.500 bits per heavy atom. The molecule has 4 aromatic carbocycles. The molecule has 0 spiro atoms. The third-order valence-electron chi connectivity index (χ3n) is 9.65. The van der Waals surface area contributed by atoms with Gasteiger partial charge in [0, 0.05) is 18.7 Å². The Morgan fingerprint density at radius 2 is 0.958 bits per heavy atom. The largest absolute Gasteiger partial charge is 0.391 e. The molecule has 4 aromatic rings. The molecule has 0 radical (unpaired) electrons. The quantitative estimate of drug-likeness (QED) is 0.0526. The first-order chi connectivity index (χ1) is 23.6. The molecule has 0 aliphatic rings. The van der Waals surface area contributed by atoms with E-state index < -0.39 is 12.2 Å². The lowest BCUT2D eigenvalue weighted by atomic mass is 10.0. The first kappa shape index (κ1) is 37.5. The number of nitrogens with zero attached hydrogens (tertiary/aromatic N) is 2. The molecule has 0 aliphatic carbocycles. The molecule has 0 aliphatic heterocycles. The lowest BCUT2D eigenvalue weighted by molar-refractivity contribution is -0.944. The zero-order valence-corrected chi connectivity index (χ0v) is 29.0. The van der Waals surface area contributed by atoms with Crippen LogP contribution in [0.5, 0.6) is 0 Å². The molecular formula is C43H59N2O3+. The molecule has 0 saturated heterocycles. The Labute approximate surface area is 290 Å². The van der Waals surface area contributed by atoms with Gasteiger partial charge in [-0.3, -0.25) is 4.90 Å². The Hall–Kier alpha value is -3.32. The fourth-order valence-electron chi connectivity index (χ4n) is 6.97. The number of aliphatic hydroxyl groups excluding tert-OH is 3. The Morgan fingerprint density at radius 3 is 1.50 bits per heavy atom. The van der Waals surface area contributed by atoms with Gasteiger partial charge in [0.25, 0.3) is 0 Å². The third kappa shape index (κ3) is 13.7. The van der Waals surface area contributed by atoms with Crippen LogP contribution in [0.3, 0.4) is 0 Å². The van der Waals surface area contributed by atoms with E-state index in [1.165, 1.54) is 56.1 Å². The molecule has 3 atom stereocenters. The summed E-state index contributed by atoms with van der Waals surface area (Å²) in [6.07, 6.45) is 9.90. The second-order valence-corrected chi connectivity index (χ2v) is 13.6. The molecule has 48 heavy (non-hydrogen) atoms. The maximum absolute atomic E-state index is 11.2. The Kier molecular flexibility index (Phi) is 16.9. The fraction of sp³-hybridized carbons (Fsp3) is 0.442. The molecular weight excluding hydrogens is 592 g/mol. The van der Waals surface area contributed by atoms with E-state index in [4.69, 9.17) is 0 Å². The molecule has 5 nitrogen and oxygen atoms in total. The van der Waals surface area contributed by atoms with Crippen molar-refractivity contribution in [1.82, 2.24) is 4.90 Å². The molecule has 0 saturated carbocycles. The minimum absolute atomic E-state index is 0.117. The number of quaternary nitrogens is 1. The van der Waals surface area contributed by atoms with Crippen molar-refractivity contribution in [2.45, 2.75) is 83.1 Å². The van der Waals surface area contributed by atoms with Gasteiger partial charge in [0.1, 0.15) is 25.7 Å². The van der Waals surface area contributed by atoms with Crippen molar-refractivity contribution < 1.29 is 19.8 Å². The predicted molar refractivity (Wildman–Crippen MR) is 198 cm³/mol. The summed E-state index contributed by atoms with van der Waals surface area (Å²) < 4.78 is 0.695. The van der Waals surface area contributed by atoms with E-state index in [-0.39, 0.29) is 6.61 Å². The van der Waals surface area contributed by atoms with Gasteiger partial charge < -0.3 is 19.8 Å². The number of benzene rings is 4. The number of unbranched alkanes of at least 4 members (excludes halogenated alkanes) is 8. The van der Waals surface area contributed by atoms with Crippen LogP contribution in [-0.2, 0) is 13.1 Å².